The van der Waals surface area contributed by atoms with Gasteiger partial charge in [-0.25, -0.2) is 0 Å². The minimum Gasteiger partial charge on any atom is -0.326 e. The van der Waals surface area contributed by atoms with Gasteiger partial charge in [-0.3, -0.25) is 0 Å². The molecule has 0 bridgehead atoms. The summed E-state index contributed by atoms with van der Waals surface area (Å²) in [5, 5.41) is 0.721. The van der Waals surface area contributed by atoms with Gasteiger partial charge in [0.05, 0.1) is 5.69 Å². The van der Waals surface area contributed by atoms with E-state index in [0.717, 1.165) is 16.3 Å². The van der Waals surface area contributed by atoms with Gasteiger partial charge in [0.2, 0.25) is 0 Å². The molecule has 1 heterocycles. The van der Waals surface area contributed by atoms with Crippen molar-refractivity contribution in [1.29, 1.82) is 0 Å². The third-order valence-electron chi connectivity index (χ3n) is 2.18. The van der Waals surface area contributed by atoms with E-state index >= 15 is 0 Å². The van der Waals surface area contributed by atoms with E-state index in [-0.39, 0.29) is 0 Å². The molecule has 1 aromatic carbocycles. The summed E-state index contributed by atoms with van der Waals surface area (Å²) in [5.74, 6) is 0. The maximum absolute atomic E-state index is 6.05. The zero-order valence-electron chi connectivity index (χ0n) is 7.65. The molecule has 0 aliphatic carbocycles. The van der Waals surface area contributed by atoms with Crippen LogP contribution in [0.2, 0.25) is 5.02 Å². The van der Waals surface area contributed by atoms with Gasteiger partial charge in [0.15, 0.2) is 0 Å². The number of benzene rings is 1. The van der Waals surface area contributed by atoms with Crippen LogP contribution in [0, 0.1) is 0 Å². The number of nitrogens with two attached hydrogens (primary N) is 1. The average molecular weight is 207 g/mol. The van der Waals surface area contributed by atoms with Gasteiger partial charge < -0.3 is 10.3 Å². The Morgan fingerprint density at radius 3 is 2.50 bits per heavy atom. The second kappa shape index (κ2) is 3.86. The fourth-order valence-electron chi connectivity index (χ4n) is 1.49. The van der Waals surface area contributed by atoms with E-state index in [2.05, 4.69) is 0 Å². The van der Waals surface area contributed by atoms with Gasteiger partial charge in [-0.2, -0.15) is 0 Å². The first-order valence-corrected chi connectivity index (χ1v) is 4.81. The standard InChI is InChI=1S/C11H11ClN2/c12-10-4-3-5-11(9(10)8-13)14-6-1-2-7-14/h1-7H,8,13H2. The van der Waals surface area contributed by atoms with Gasteiger partial charge in [0.25, 0.3) is 0 Å². The van der Waals surface area contributed by atoms with Gasteiger partial charge in [0, 0.05) is 29.5 Å². The highest BCUT2D eigenvalue weighted by molar-refractivity contribution is 6.31. The highest BCUT2D eigenvalue weighted by atomic mass is 35.5. The predicted molar refractivity (Wildman–Crippen MR) is 58.7 cm³/mol. The van der Waals surface area contributed by atoms with Gasteiger partial charge in [0.1, 0.15) is 0 Å². The van der Waals surface area contributed by atoms with E-state index in [1.54, 1.807) is 0 Å². The molecule has 0 atom stereocenters. The number of hydrogen-bond donors (Lipinski definition) is 1. The summed E-state index contributed by atoms with van der Waals surface area (Å²) in [7, 11) is 0. The molecule has 2 aromatic rings. The van der Waals surface area contributed by atoms with Crippen molar-refractivity contribution in [3.8, 4) is 5.69 Å². The summed E-state index contributed by atoms with van der Waals surface area (Å²) in [6.45, 7) is 0.452. The van der Waals surface area contributed by atoms with E-state index in [9.17, 15) is 0 Å². The van der Waals surface area contributed by atoms with Gasteiger partial charge in [-0.1, -0.05) is 17.7 Å². The Labute approximate surface area is 87.9 Å². The van der Waals surface area contributed by atoms with Crippen molar-refractivity contribution in [2.75, 3.05) is 0 Å². The van der Waals surface area contributed by atoms with Crippen LogP contribution < -0.4 is 5.73 Å². The van der Waals surface area contributed by atoms with Crippen LogP contribution in [0.5, 0.6) is 0 Å². The molecule has 1 aromatic heterocycles. The number of hydrogen-bond acceptors (Lipinski definition) is 1. The minimum atomic E-state index is 0.452. The summed E-state index contributed by atoms with van der Waals surface area (Å²) in [4.78, 5) is 0. The molecule has 0 aliphatic heterocycles. The van der Waals surface area contributed by atoms with Crippen LogP contribution in [0.1, 0.15) is 5.56 Å². The summed E-state index contributed by atoms with van der Waals surface area (Å²) in [6.07, 6.45) is 3.95. The molecular formula is C11H11ClN2. The minimum absolute atomic E-state index is 0.452. The maximum Gasteiger partial charge on any atom is 0.0509 e. The Kier molecular flexibility index (Phi) is 2.57. The number of rotatable bonds is 2. The molecule has 2 rings (SSSR count). The SMILES string of the molecule is NCc1c(Cl)cccc1-n1cccc1. The molecule has 2 nitrogen and oxygen atoms in total. The van der Waals surface area contributed by atoms with E-state index in [0.29, 0.717) is 6.54 Å². The summed E-state index contributed by atoms with van der Waals surface area (Å²) >= 11 is 6.05. The largest absolute Gasteiger partial charge is 0.326 e. The van der Waals surface area contributed by atoms with Crippen molar-refractivity contribution in [3.05, 3.63) is 53.3 Å². The molecule has 0 aliphatic rings. The molecule has 72 valence electrons. The maximum atomic E-state index is 6.05. The zero-order chi connectivity index (χ0) is 9.97. The smallest absolute Gasteiger partial charge is 0.0509 e. The van der Waals surface area contributed by atoms with E-state index in [1.807, 2.05) is 47.3 Å². The Hall–Kier alpha value is -1.25. The lowest BCUT2D eigenvalue weighted by Crippen LogP contribution is -2.03. The first kappa shape index (κ1) is 9.31. The van der Waals surface area contributed by atoms with E-state index < -0.39 is 0 Å². The third kappa shape index (κ3) is 1.54. The van der Waals surface area contributed by atoms with Crippen LogP contribution in [-0.4, -0.2) is 4.57 Å². The second-order valence-electron chi connectivity index (χ2n) is 3.03. The lowest BCUT2D eigenvalue weighted by atomic mass is 10.2. The lowest BCUT2D eigenvalue weighted by Gasteiger charge is -2.10. The van der Waals surface area contributed by atoms with Crippen molar-refractivity contribution in [1.82, 2.24) is 4.57 Å². The lowest BCUT2D eigenvalue weighted by molar-refractivity contribution is 0.992. The van der Waals surface area contributed by atoms with Crippen molar-refractivity contribution >= 4 is 11.6 Å². The van der Waals surface area contributed by atoms with Crippen LogP contribution in [0.25, 0.3) is 5.69 Å². The summed E-state index contributed by atoms with van der Waals surface area (Å²) < 4.78 is 2.01. The Bertz CT molecular complexity index is 421. The first-order chi connectivity index (χ1) is 6.83. The molecule has 0 fully saturated rings. The predicted octanol–water partition coefficient (Wildman–Crippen LogP) is 2.59. The Morgan fingerprint density at radius 1 is 1.14 bits per heavy atom. The van der Waals surface area contributed by atoms with Gasteiger partial charge in [-0.05, 0) is 24.3 Å². The monoisotopic (exact) mass is 206 g/mol. The van der Waals surface area contributed by atoms with Crippen molar-refractivity contribution in [3.63, 3.8) is 0 Å². The number of nitrogens with zero attached hydrogens (tertiary/aromatic N) is 1. The van der Waals surface area contributed by atoms with Crippen molar-refractivity contribution in [2.24, 2.45) is 5.73 Å². The van der Waals surface area contributed by atoms with Crippen LogP contribution in [0.4, 0.5) is 0 Å². The summed E-state index contributed by atoms with van der Waals surface area (Å²) in [6, 6.07) is 9.74. The van der Waals surface area contributed by atoms with Crippen LogP contribution in [0.15, 0.2) is 42.7 Å². The molecule has 0 amide bonds. The fourth-order valence-corrected chi connectivity index (χ4v) is 1.73. The molecule has 2 N–H and O–H groups in total. The molecular weight excluding hydrogens is 196 g/mol. The second-order valence-corrected chi connectivity index (χ2v) is 3.44. The number of halogens is 1. The first-order valence-electron chi connectivity index (χ1n) is 4.43. The van der Waals surface area contributed by atoms with E-state index in [1.165, 1.54) is 0 Å². The molecule has 14 heavy (non-hydrogen) atoms. The quantitative estimate of drug-likeness (QED) is 0.805. The van der Waals surface area contributed by atoms with Gasteiger partial charge >= 0.3 is 0 Å². The summed E-state index contributed by atoms with van der Waals surface area (Å²) in [5.41, 5.74) is 7.68. The highest BCUT2D eigenvalue weighted by Gasteiger charge is 2.05. The Balaban J connectivity index is 2.58. The van der Waals surface area contributed by atoms with Crippen molar-refractivity contribution < 1.29 is 0 Å². The molecule has 0 saturated heterocycles. The molecule has 0 unspecified atom stereocenters. The third-order valence-corrected chi connectivity index (χ3v) is 2.53. The topological polar surface area (TPSA) is 30.9 Å². The normalized spacial score (nSPS) is 10.4. The molecule has 0 saturated carbocycles. The number of aromatic nitrogens is 1. The van der Waals surface area contributed by atoms with Crippen LogP contribution in [-0.2, 0) is 6.54 Å². The van der Waals surface area contributed by atoms with Crippen LogP contribution in [0.3, 0.4) is 0 Å². The van der Waals surface area contributed by atoms with Gasteiger partial charge in [-0.15, -0.1) is 0 Å². The molecule has 3 heteroatoms. The average Bonchev–Trinajstić information content (AvgIpc) is 2.70. The van der Waals surface area contributed by atoms with Crippen LogP contribution >= 0.6 is 11.6 Å². The fraction of sp³-hybridized carbons (Fsp3) is 0.0909. The van der Waals surface area contributed by atoms with E-state index in [4.69, 9.17) is 17.3 Å². The highest BCUT2D eigenvalue weighted by Crippen LogP contribution is 2.22. The molecule has 0 radical (unpaired) electrons. The molecule has 0 spiro atoms. The Morgan fingerprint density at radius 2 is 1.86 bits per heavy atom. The van der Waals surface area contributed by atoms with Crippen molar-refractivity contribution in [2.45, 2.75) is 6.54 Å². The zero-order valence-corrected chi connectivity index (χ0v) is 8.41.